The smallest absolute Gasteiger partial charge is 0.338 e. The number of imidazole rings is 1. The molecule has 2 aliphatic rings. The van der Waals surface area contributed by atoms with Gasteiger partial charge in [-0.25, -0.2) is 14.8 Å². The highest BCUT2D eigenvalue weighted by atomic mass is 19.1. The number of rotatable bonds is 9. The standard InChI is InChI=1S/C36H41FN6O4/c1-36(2,3)47-35(44)25-9-11-29-31(19-25)43(20-26-14-17-45-26)32(38-29)21-42-15-12-24(13-16-42)28-6-5-7-33(39-28)46-22-23-8-10-27-30(18-23)41(4)40-34(27)37/h5-11,18-19,24,26H,12-17,20-22H2,1-4H3/t26-/m0/s1. The Bertz CT molecular complexity index is 1920. The summed E-state index contributed by atoms with van der Waals surface area (Å²) in [5.74, 6) is 1.10. The number of pyridine rings is 1. The van der Waals surface area contributed by atoms with E-state index < -0.39 is 11.5 Å². The Labute approximate surface area is 273 Å². The number of esters is 1. The molecule has 47 heavy (non-hydrogen) atoms. The number of fused-ring (bicyclic) bond motifs is 2. The maximum Gasteiger partial charge on any atom is 0.338 e. The van der Waals surface area contributed by atoms with Gasteiger partial charge in [-0.1, -0.05) is 12.1 Å². The quantitative estimate of drug-likeness (QED) is 0.177. The van der Waals surface area contributed by atoms with Gasteiger partial charge < -0.3 is 18.8 Å². The fraction of sp³-hybridized carbons (Fsp3) is 0.444. The van der Waals surface area contributed by atoms with E-state index in [2.05, 4.69) is 20.6 Å². The number of likely N-dealkylation sites (tertiary alicyclic amines) is 1. The van der Waals surface area contributed by atoms with E-state index >= 15 is 0 Å². The highest BCUT2D eigenvalue weighted by molar-refractivity contribution is 5.94. The van der Waals surface area contributed by atoms with Crippen molar-refractivity contribution in [2.24, 2.45) is 7.05 Å². The molecule has 0 N–H and O–H groups in total. The third-order valence-corrected chi connectivity index (χ3v) is 9.01. The first-order chi connectivity index (χ1) is 22.6. The molecule has 0 aliphatic carbocycles. The average Bonchev–Trinajstić information content (AvgIpc) is 3.51. The minimum Gasteiger partial charge on any atom is -0.473 e. The lowest BCUT2D eigenvalue weighted by Crippen LogP contribution is -2.35. The number of carbonyl (C=O) groups excluding carboxylic acids is 1. The van der Waals surface area contributed by atoms with Crippen molar-refractivity contribution in [3.63, 3.8) is 0 Å². The fourth-order valence-corrected chi connectivity index (χ4v) is 6.42. The lowest BCUT2D eigenvalue weighted by molar-refractivity contribution is -0.0592. The monoisotopic (exact) mass is 640 g/mol. The first-order valence-electron chi connectivity index (χ1n) is 16.4. The van der Waals surface area contributed by atoms with E-state index in [-0.39, 0.29) is 12.1 Å². The summed E-state index contributed by atoms with van der Waals surface area (Å²) in [5, 5.41) is 4.36. The van der Waals surface area contributed by atoms with Crippen molar-refractivity contribution in [3.8, 4) is 5.88 Å². The summed E-state index contributed by atoms with van der Waals surface area (Å²) in [4.78, 5) is 25.2. The van der Waals surface area contributed by atoms with Crippen LogP contribution in [0, 0.1) is 5.95 Å². The average molecular weight is 641 g/mol. The van der Waals surface area contributed by atoms with Crippen LogP contribution in [-0.4, -0.2) is 66.6 Å². The van der Waals surface area contributed by atoms with Crippen molar-refractivity contribution in [3.05, 3.63) is 83.2 Å². The number of hydrogen-bond donors (Lipinski definition) is 0. The number of ether oxygens (including phenoxy) is 3. The third-order valence-electron chi connectivity index (χ3n) is 9.01. The van der Waals surface area contributed by atoms with Gasteiger partial charge in [-0.3, -0.25) is 9.58 Å². The summed E-state index contributed by atoms with van der Waals surface area (Å²) < 4.78 is 35.2. The molecule has 1 atom stereocenters. The van der Waals surface area contributed by atoms with Crippen LogP contribution >= 0.6 is 0 Å². The number of hydrogen-bond acceptors (Lipinski definition) is 8. The predicted octanol–water partition coefficient (Wildman–Crippen LogP) is 6.16. The Morgan fingerprint density at radius 3 is 2.57 bits per heavy atom. The molecule has 2 aliphatic heterocycles. The first kappa shape index (κ1) is 31.3. The Balaban J connectivity index is 1.00. The van der Waals surface area contributed by atoms with E-state index in [0.29, 0.717) is 35.9 Å². The number of halogens is 1. The molecule has 2 fully saturated rings. The number of aromatic nitrogens is 5. The molecular formula is C36H41FN6O4. The Kier molecular flexibility index (Phi) is 8.44. The second-order valence-corrected chi connectivity index (χ2v) is 13.6. The molecule has 0 bridgehead atoms. The van der Waals surface area contributed by atoms with Crippen molar-refractivity contribution >= 4 is 27.9 Å². The molecular weight excluding hydrogens is 599 g/mol. The van der Waals surface area contributed by atoms with E-state index in [4.69, 9.17) is 24.2 Å². The number of piperidine rings is 1. The van der Waals surface area contributed by atoms with Gasteiger partial charge in [0.15, 0.2) is 0 Å². The molecule has 5 aromatic rings. The lowest BCUT2D eigenvalue weighted by atomic mass is 9.93. The molecule has 11 heteroatoms. The van der Waals surface area contributed by atoms with Gasteiger partial charge in [0.1, 0.15) is 18.0 Å². The van der Waals surface area contributed by atoms with Gasteiger partial charge in [0.05, 0.1) is 46.7 Å². The Hall–Kier alpha value is -4.35. The topological polar surface area (TPSA) is 96.5 Å². The van der Waals surface area contributed by atoms with E-state index in [9.17, 15) is 9.18 Å². The van der Waals surface area contributed by atoms with E-state index in [1.165, 1.54) is 0 Å². The van der Waals surface area contributed by atoms with E-state index in [1.807, 2.05) is 57.2 Å². The molecule has 2 aromatic carbocycles. The van der Waals surface area contributed by atoms with Crippen LogP contribution in [0.1, 0.15) is 73.4 Å². The van der Waals surface area contributed by atoms with Crippen LogP contribution < -0.4 is 4.74 Å². The van der Waals surface area contributed by atoms with Crippen LogP contribution in [-0.2, 0) is 36.2 Å². The van der Waals surface area contributed by atoms with Crippen molar-refractivity contribution in [2.75, 3.05) is 19.7 Å². The Morgan fingerprint density at radius 2 is 1.83 bits per heavy atom. The van der Waals surface area contributed by atoms with Crippen molar-refractivity contribution < 1.29 is 23.4 Å². The first-order valence-corrected chi connectivity index (χ1v) is 16.4. The normalized spacial score (nSPS) is 17.7. The molecule has 5 heterocycles. The van der Waals surface area contributed by atoms with E-state index in [0.717, 1.165) is 79.1 Å². The number of aryl methyl sites for hydroxylation is 1. The fourth-order valence-electron chi connectivity index (χ4n) is 6.42. The number of benzene rings is 2. The van der Waals surface area contributed by atoms with Crippen molar-refractivity contribution in [1.29, 1.82) is 0 Å². The predicted molar refractivity (Wildman–Crippen MR) is 176 cm³/mol. The summed E-state index contributed by atoms with van der Waals surface area (Å²) >= 11 is 0. The van der Waals surface area contributed by atoms with Crippen molar-refractivity contribution in [2.45, 2.75) is 77.4 Å². The zero-order chi connectivity index (χ0) is 32.7. The van der Waals surface area contributed by atoms with Gasteiger partial charge >= 0.3 is 5.97 Å². The molecule has 0 amide bonds. The number of carbonyl (C=O) groups is 1. The van der Waals surface area contributed by atoms with Gasteiger partial charge in [-0.15, -0.1) is 5.10 Å². The second-order valence-electron chi connectivity index (χ2n) is 13.6. The second kappa shape index (κ2) is 12.7. The molecule has 0 saturated carbocycles. The zero-order valence-electron chi connectivity index (χ0n) is 27.4. The SMILES string of the molecule is Cn1nc(F)c2ccc(COc3cccc(C4CCN(Cc5nc6ccc(C(=O)OC(C)(C)C)cc6n5C[C@@H]5CCO5)CC4)n3)cc21. The highest BCUT2D eigenvalue weighted by Crippen LogP contribution is 2.30. The maximum absolute atomic E-state index is 13.9. The summed E-state index contributed by atoms with van der Waals surface area (Å²) in [6.07, 6.45) is 3.14. The summed E-state index contributed by atoms with van der Waals surface area (Å²) in [7, 11) is 1.73. The Morgan fingerprint density at radius 1 is 1.02 bits per heavy atom. The summed E-state index contributed by atoms with van der Waals surface area (Å²) in [5.41, 5.74) is 4.46. The summed E-state index contributed by atoms with van der Waals surface area (Å²) in [6, 6.07) is 17.1. The van der Waals surface area contributed by atoms with Crippen molar-refractivity contribution in [1.82, 2.24) is 29.2 Å². The third kappa shape index (κ3) is 6.87. The zero-order valence-corrected chi connectivity index (χ0v) is 27.4. The molecule has 0 radical (unpaired) electrons. The molecule has 10 nitrogen and oxygen atoms in total. The summed E-state index contributed by atoms with van der Waals surface area (Å²) in [6.45, 7) is 10.0. The minimum atomic E-state index is -0.564. The van der Waals surface area contributed by atoms with Gasteiger partial charge in [-0.2, -0.15) is 4.39 Å². The van der Waals surface area contributed by atoms with Crippen LogP contribution in [0.4, 0.5) is 4.39 Å². The molecule has 2 saturated heterocycles. The van der Waals surface area contributed by atoms with Crippen LogP contribution in [0.5, 0.6) is 5.88 Å². The van der Waals surface area contributed by atoms with Crippen LogP contribution in [0.25, 0.3) is 21.9 Å². The van der Waals surface area contributed by atoms with Gasteiger partial charge in [0.2, 0.25) is 11.8 Å². The molecule has 0 unspecified atom stereocenters. The molecule has 3 aromatic heterocycles. The minimum absolute atomic E-state index is 0.156. The molecule has 246 valence electrons. The van der Waals surface area contributed by atoms with E-state index in [1.54, 1.807) is 23.9 Å². The molecule has 0 spiro atoms. The molecule has 7 rings (SSSR count). The maximum atomic E-state index is 13.9. The van der Waals surface area contributed by atoms with Gasteiger partial charge in [0, 0.05) is 31.3 Å². The van der Waals surface area contributed by atoms with Crippen LogP contribution in [0.2, 0.25) is 0 Å². The van der Waals surface area contributed by atoms with Gasteiger partial charge in [-0.05, 0) is 95.1 Å². The number of nitrogens with zero attached hydrogens (tertiary/aromatic N) is 6. The van der Waals surface area contributed by atoms with Crippen LogP contribution in [0.15, 0.2) is 54.6 Å². The highest BCUT2D eigenvalue weighted by Gasteiger charge is 2.27. The van der Waals surface area contributed by atoms with Gasteiger partial charge in [0.25, 0.3) is 0 Å². The lowest BCUT2D eigenvalue weighted by Gasteiger charge is -2.32. The largest absolute Gasteiger partial charge is 0.473 e. The van der Waals surface area contributed by atoms with Crippen LogP contribution in [0.3, 0.4) is 0 Å².